The highest BCUT2D eigenvalue weighted by Crippen LogP contribution is 2.43. The highest BCUT2D eigenvalue weighted by atomic mass is 14.9. The zero-order valence-corrected chi connectivity index (χ0v) is 9.13. The van der Waals surface area contributed by atoms with Gasteiger partial charge in [-0.2, -0.15) is 0 Å². The van der Waals surface area contributed by atoms with Crippen molar-refractivity contribution in [2.75, 3.05) is 0 Å². The molecule has 0 amide bonds. The molecule has 0 aromatic rings. The Morgan fingerprint density at radius 1 is 1.21 bits per heavy atom. The molecule has 0 saturated heterocycles. The van der Waals surface area contributed by atoms with Crippen LogP contribution in [0.3, 0.4) is 0 Å². The number of hydrogen-bond donors (Lipinski definition) is 1. The molecule has 1 heteroatoms. The number of nitrogens with one attached hydrogen (secondary N) is 1. The monoisotopic (exact) mass is 191 g/mol. The average Bonchev–Trinajstić information content (AvgIpc) is 3.01. The molecule has 1 N–H and O–H groups in total. The second kappa shape index (κ2) is 4.36. The topological polar surface area (TPSA) is 12.0 Å². The van der Waals surface area contributed by atoms with Gasteiger partial charge in [-0.25, -0.2) is 0 Å². The third-order valence-electron chi connectivity index (χ3n) is 3.74. The quantitative estimate of drug-likeness (QED) is 0.676. The molecule has 0 aromatic heterocycles. The summed E-state index contributed by atoms with van der Waals surface area (Å²) in [6.07, 6.45) is 13.9. The zero-order valence-electron chi connectivity index (χ0n) is 9.13. The first-order valence-corrected chi connectivity index (χ1v) is 6.01. The van der Waals surface area contributed by atoms with Crippen LogP contribution in [0.5, 0.6) is 0 Å². The van der Waals surface area contributed by atoms with E-state index in [1.54, 1.807) is 0 Å². The smallest absolute Gasteiger partial charge is 0.0660 e. The van der Waals surface area contributed by atoms with Gasteiger partial charge >= 0.3 is 0 Å². The van der Waals surface area contributed by atoms with Crippen LogP contribution in [0.15, 0.2) is 0 Å². The Morgan fingerprint density at radius 3 is 2.64 bits per heavy atom. The average molecular weight is 191 g/mol. The molecule has 0 heterocycles. The van der Waals surface area contributed by atoms with Gasteiger partial charge in [-0.05, 0) is 44.4 Å². The van der Waals surface area contributed by atoms with Crippen LogP contribution in [-0.2, 0) is 0 Å². The molecule has 0 radical (unpaired) electrons. The summed E-state index contributed by atoms with van der Waals surface area (Å²) in [7, 11) is 0. The van der Waals surface area contributed by atoms with Crippen molar-refractivity contribution in [3.63, 3.8) is 0 Å². The molecule has 14 heavy (non-hydrogen) atoms. The number of terminal acetylenes is 1. The molecule has 0 bridgehead atoms. The van der Waals surface area contributed by atoms with E-state index in [-0.39, 0.29) is 6.04 Å². The van der Waals surface area contributed by atoms with Gasteiger partial charge in [0.15, 0.2) is 0 Å². The summed E-state index contributed by atoms with van der Waals surface area (Å²) in [6, 6.07) is 0.943. The van der Waals surface area contributed by atoms with Gasteiger partial charge in [0.1, 0.15) is 0 Å². The van der Waals surface area contributed by atoms with Crippen LogP contribution in [0.2, 0.25) is 0 Å². The fourth-order valence-electron chi connectivity index (χ4n) is 2.78. The summed E-state index contributed by atoms with van der Waals surface area (Å²) >= 11 is 0. The second-order valence-corrected chi connectivity index (χ2v) is 5.02. The van der Waals surface area contributed by atoms with Crippen molar-refractivity contribution in [3.05, 3.63) is 0 Å². The van der Waals surface area contributed by atoms with Crippen molar-refractivity contribution in [2.45, 2.75) is 57.5 Å². The maximum Gasteiger partial charge on any atom is 0.0660 e. The minimum absolute atomic E-state index is 0.248. The van der Waals surface area contributed by atoms with Crippen molar-refractivity contribution in [2.24, 2.45) is 11.8 Å². The highest BCUT2D eigenvalue weighted by Gasteiger charge is 2.34. The van der Waals surface area contributed by atoms with Crippen LogP contribution in [0.1, 0.15) is 45.4 Å². The Hall–Kier alpha value is -0.480. The summed E-state index contributed by atoms with van der Waals surface area (Å²) in [5.41, 5.74) is 0. The molecule has 0 spiro atoms. The van der Waals surface area contributed by atoms with Gasteiger partial charge in [0.2, 0.25) is 0 Å². The third-order valence-corrected chi connectivity index (χ3v) is 3.74. The Bertz CT molecular complexity index is 224. The van der Waals surface area contributed by atoms with Gasteiger partial charge in [-0.3, -0.25) is 0 Å². The fraction of sp³-hybridized carbons (Fsp3) is 0.846. The van der Waals surface area contributed by atoms with Crippen molar-refractivity contribution in [3.8, 4) is 12.3 Å². The largest absolute Gasteiger partial charge is 0.301 e. The SMILES string of the molecule is C#CC(C)NC1CCCC(C2CC2)C1. The van der Waals surface area contributed by atoms with E-state index in [1.807, 2.05) is 0 Å². The summed E-state index contributed by atoms with van der Waals surface area (Å²) in [4.78, 5) is 0. The van der Waals surface area contributed by atoms with Gasteiger partial charge in [0, 0.05) is 6.04 Å². The van der Waals surface area contributed by atoms with Crippen LogP contribution >= 0.6 is 0 Å². The molecular weight excluding hydrogens is 170 g/mol. The van der Waals surface area contributed by atoms with E-state index in [0.717, 1.165) is 11.8 Å². The maximum atomic E-state index is 5.38. The summed E-state index contributed by atoms with van der Waals surface area (Å²) < 4.78 is 0. The Morgan fingerprint density at radius 2 is 2.00 bits per heavy atom. The molecule has 2 saturated carbocycles. The van der Waals surface area contributed by atoms with Gasteiger partial charge in [0.05, 0.1) is 6.04 Å². The van der Waals surface area contributed by atoms with Gasteiger partial charge in [0.25, 0.3) is 0 Å². The molecule has 0 aliphatic heterocycles. The van der Waals surface area contributed by atoms with Crippen LogP contribution in [0.4, 0.5) is 0 Å². The first-order valence-electron chi connectivity index (χ1n) is 6.01. The normalized spacial score (nSPS) is 34.9. The van der Waals surface area contributed by atoms with Crippen molar-refractivity contribution in [1.82, 2.24) is 5.32 Å². The standard InChI is InChI=1S/C13H21N/c1-3-10(2)14-13-6-4-5-12(9-13)11-7-8-11/h1,10-14H,4-9H2,2H3. The van der Waals surface area contributed by atoms with E-state index in [0.29, 0.717) is 6.04 Å². The minimum atomic E-state index is 0.248. The molecule has 2 rings (SSSR count). The molecule has 2 fully saturated rings. The van der Waals surface area contributed by atoms with Crippen molar-refractivity contribution < 1.29 is 0 Å². The molecule has 1 nitrogen and oxygen atoms in total. The molecule has 2 aliphatic carbocycles. The Balaban J connectivity index is 1.78. The minimum Gasteiger partial charge on any atom is -0.301 e. The lowest BCUT2D eigenvalue weighted by Crippen LogP contribution is -2.39. The van der Waals surface area contributed by atoms with Gasteiger partial charge < -0.3 is 5.32 Å². The van der Waals surface area contributed by atoms with Crippen molar-refractivity contribution in [1.29, 1.82) is 0 Å². The number of hydrogen-bond acceptors (Lipinski definition) is 1. The molecule has 0 aromatic carbocycles. The molecular formula is C13H21N. The summed E-state index contributed by atoms with van der Waals surface area (Å²) in [5.74, 6) is 4.84. The molecule has 3 unspecified atom stereocenters. The lowest BCUT2D eigenvalue weighted by molar-refractivity contribution is 0.257. The van der Waals surface area contributed by atoms with Crippen LogP contribution in [0, 0.1) is 24.2 Å². The van der Waals surface area contributed by atoms with E-state index in [2.05, 4.69) is 18.2 Å². The van der Waals surface area contributed by atoms with E-state index < -0.39 is 0 Å². The first-order chi connectivity index (χ1) is 6.79. The van der Waals surface area contributed by atoms with E-state index in [9.17, 15) is 0 Å². The van der Waals surface area contributed by atoms with Crippen LogP contribution in [-0.4, -0.2) is 12.1 Å². The molecule has 2 aliphatic rings. The first kappa shape index (κ1) is 10.1. The molecule has 78 valence electrons. The Labute approximate surface area is 87.7 Å². The summed E-state index contributed by atoms with van der Waals surface area (Å²) in [5, 5.41) is 3.54. The number of rotatable bonds is 3. The van der Waals surface area contributed by atoms with Crippen LogP contribution in [0.25, 0.3) is 0 Å². The third kappa shape index (κ3) is 2.51. The molecule has 3 atom stereocenters. The van der Waals surface area contributed by atoms with Gasteiger partial charge in [-0.15, -0.1) is 6.42 Å². The summed E-state index contributed by atoms with van der Waals surface area (Å²) in [6.45, 7) is 2.08. The maximum absolute atomic E-state index is 5.38. The van der Waals surface area contributed by atoms with Gasteiger partial charge in [-0.1, -0.05) is 18.8 Å². The lowest BCUT2D eigenvalue weighted by atomic mass is 9.82. The van der Waals surface area contributed by atoms with E-state index >= 15 is 0 Å². The van der Waals surface area contributed by atoms with E-state index in [4.69, 9.17) is 6.42 Å². The lowest BCUT2D eigenvalue weighted by Gasteiger charge is -2.31. The Kier molecular flexibility index (Phi) is 3.13. The van der Waals surface area contributed by atoms with E-state index in [1.165, 1.54) is 38.5 Å². The highest BCUT2D eigenvalue weighted by molar-refractivity contribution is 4.98. The second-order valence-electron chi connectivity index (χ2n) is 5.02. The van der Waals surface area contributed by atoms with Crippen molar-refractivity contribution >= 4 is 0 Å². The zero-order chi connectivity index (χ0) is 9.97. The fourth-order valence-corrected chi connectivity index (χ4v) is 2.78. The van der Waals surface area contributed by atoms with Crippen LogP contribution < -0.4 is 5.32 Å². The predicted molar refractivity (Wildman–Crippen MR) is 59.9 cm³/mol. The predicted octanol–water partition coefficient (Wildman–Crippen LogP) is 2.57.